The third-order valence-electron chi connectivity index (χ3n) is 4.95. The van der Waals surface area contributed by atoms with E-state index in [0.29, 0.717) is 22.8 Å². The van der Waals surface area contributed by atoms with Gasteiger partial charge in [-0.15, -0.1) is 0 Å². The number of Topliss-reactive ketones (excluding diaryl/α,β-unsaturated/α-hetero) is 1. The van der Waals surface area contributed by atoms with Crippen molar-refractivity contribution in [3.63, 3.8) is 0 Å². The van der Waals surface area contributed by atoms with Crippen LogP contribution >= 0.6 is 0 Å². The van der Waals surface area contributed by atoms with E-state index in [9.17, 15) is 14.4 Å². The number of rotatable bonds is 7. The van der Waals surface area contributed by atoms with E-state index >= 15 is 0 Å². The van der Waals surface area contributed by atoms with Gasteiger partial charge >= 0.3 is 6.03 Å². The van der Waals surface area contributed by atoms with Crippen LogP contribution in [0.2, 0.25) is 0 Å². The smallest absolute Gasteiger partial charge is 0.325 e. The fourth-order valence-corrected chi connectivity index (χ4v) is 3.22. The summed E-state index contributed by atoms with van der Waals surface area (Å²) in [6.07, 6.45) is 0. The van der Waals surface area contributed by atoms with E-state index in [1.165, 1.54) is 14.2 Å². The molecular weight excluding hydrogens is 376 g/mol. The molecule has 2 aromatic rings. The van der Waals surface area contributed by atoms with Crippen molar-refractivity contribution in [2.24, 2.45) is 0 Å². The standard InChI is InChI=1S/C21H22N2O6/c1-21(13-5-7-14(27-2)8-6-13)19(25)23(20(26)22-21)12-17(24)16-10-9-15(28-3)11-18(16)29-4/h5-11H,12H2,1-4H3,(H,22,26). The topological polar surface area (TPSA) is 94.2 Å². The molecule has 3 amide bonds. The molecule has 29 heavy (non-hydrogen) atoms. The van der Waals surface area contributed by atoms with Gasteiger partial charge in [-0.1, -0.05) is 12.1 Å². The number of carbonyl (C=O) groups is 3. The van der Waals surface area contributed by atoms with Crippen molar-refractivity contribution in [3.05, 3.63) is 53.6 Å². The first kappa shape index (κ1) is 20.2. The minimum atomic E-state index is -1.27. The Bertz CT molecular complexity index is 956. The summed E-state index contributed by atoms with van der Waals surface area (Å²) in [4.78, 5) is 39.2. The summed E-state index contributed by atoms with van der Waals surface area (Å²) in [6.45, 7) is 1.20. The number of amides is 3. The third-order valence-corrected chi connectivity index (χ3v) is 4.95. The van der Waals surface area contributed by atoms with Gasteiger partial charge in [-0.25, -0.2) is 4.79 Å². The highest BCUT2D eigenvalue weighted by molar-refractivity contribution is 6.11. The van der Waals surface area contributed by atoms with Gasteiger partial charge in [0.1, 0.15) is 22.8 Å². The molecule has 0 aliphatic carbocycles. The molecule has 8 heteroatoms. The summed E-state index contributed by atoms with van der Waals surface area (Å²) in [7, 11) is 4.48. The first-order valence-electron chi connectivity index (χ1n) is 8.88. The molecule has 0 radical (unpaired) electrons. The Morgan fingerprint density at radius 3 is 2.17 bits per heavy atom. The summed E-state index contributed by atoms with van der Waals surface area (Å²) >= 11 is 0. The zero-order valence-electron chi connectivity index (χ0n) is 16.6. The van der Waals surface area contributed by atoms with Gasteiger partial charge in [0.25, 0.3) is 5.91 Å². The number of methoxy groups -OCH3 is 3. The summed E-state index contributed by atoms with van der Waals surface area (Å²) in [6, 6.07) is 10.9. The van der Waals surface area contributed by atoms with Crippen LogP contribution < -0.4 is 19.5 Å². The lowest BCUT2D eigenvalue weighted by Crippen LogP contribution is -2.41. The molecule has 0 saturated carbocycles. The fourth-order valence-electron chi connectivity index (χ4n) is 3.22. The second-order valence-electron chi connectivity index (χ2n) is 6.66. The van der Waals surface area contributed by atoms with Gasteiger partial charge in [0.15, 0.2) is 5.78 Å². The van der Waals surface area contributed by atoms with Crippen molar-refractivity contribution in [3.8, 4) is 17.2 Å². The van der Waals surface area contributed by atoms with E-state index in [1.807, 2.05) is 0 Å². The number of nitrogens with one attached hydrogen (secondary N) is 1. The average Bonchev–Trinajstić information content (AvgIpc) is 2.97. The Balaban J connectivity index is 1.84. The van der Waals surface area contributed by atoms with E-state index in [2.05, 4.69) is 5.32 Å². The van der Waals surface area contributed by atoms with Gasteiger partial charge in [-0.2, -0.15) is 0 Å². The van der Waals surface area contributed by atoms with Gasteiger partial charge in [-0.05, 0) is 36.8 Å². The predicted octanol–water partition coefficient (Wildman–Crippen LogP) is 2.36. The second kappa shape index (κ2) is 7.83. The van der Waals surface area contributed by atoms with Crippen molar-refractivity contribution >= 4 is 17.7 Å². The molecule has 8 nitrogen and oxygen atoms in total. The zero-order valence-corrected chi connectivity index (χ0v) is 16.6. The lowest BCUT2D eigenvalue weighted by atomic mass is 9.92. The predicted molar refractivity (Wildman–Crippen MR) is 104 cm³/mol. The molecule has 1 unspecified atom stereocenters. The highest BCUT2D eigenvalue weighted by Gasteiger charge is 2.49. The van der Waals surface area contributed by atoms with Crippen LogP contribution in [0.25, 0.3) is 0 Å². The van der Waals surface area contributed by atoms with Crippen LogP contribution in [0.5, 0.6) is 17.2 Å². The lowest BCUT2D eigenvalue weighted by Gasteiger charge is -2.22. The number of benzene rings is 2. The van der Waals surface area contributed by atoms with Gasteiger partial charge in [0.05, 0.1) is 33.4 Å². The number of ether oxygens (including phenoxy) is 3. The van der Waals surface area contributed by atoms with Crippen LogP contribution in [-0.4, -0.2) is 50.5 Å². The van der Waals surface area contributed by atoms with Crippen molar-refractivity contribution < 1.29 is 28.6 Å². The Kier molecular flexibility index (Phi) is 5.45. The lowest BCUT2D eigenvalue weighted by molar-refractivity contribution is -0.130. The van der Waals surface area contributed by atoms with Gasteiger partial charge in [0, 0.05) is 6.07 Å². The number of nitrogens with zero attached hydrogens (tertiary/aromatic N) is 1. The summed E-state index contributed by atoms with van der Waals surface area (Å²) in [5.74, 6) is 0.535. The quantitative estimate of drug-likeness (QED) is 0.568. The van der Waals surface area contributed by atoms with Crippen LogP contribution in [-0.2, 0) is 10.3 Å². The van der Waals surface area contributed by atoms with E-state index < -0.39 is 29.8 Å². The molecule has 0 bridgehead atoms. The Labute approximate surface area is 168 Å². The van der Waals surface area contributed by atoms with Crippen molar-refractivity contribution in [1.82, 2.24) is 10.2 Å². The summed E-state index contributed by atoms with van der Waals surface area (Å²) in [5.41, 5.74) is -0.422. The molecule has 0 spiro atoms. The van der Waals surface area contributed by atoms with E-state index in [4.69, 9.17) is 14.2 Å². The van der Waals surface area contributed by atoms with Crippen LogP contribution in [0, 0.1) is 0 Å². The number of urea groups is 1. The molecule has 1 saturated heterocycles. The normalized spacial score (nSPS) is 18.4. The summed E-state index contributed by atoms with van der Waals surface area (Å²) < 4.78 is 15.5. The van der Waals surface area contributed by atoms with Crippen LogP contribution in [0.3, 0.4) is 0 Å². The van der Waals surface area contributed by atoms with Gasteiger partial charge in [-0.3, -0.25) is 14.5 Å². The average molecular weight is 398 g/mol. The van der Waals surface area contributed by atoms with Crippen LogP contribution in [0.1, 0.15) is 22.8 Å². The zero-order chi connectivity index (χ0) is 21.2. The third kappa shape index (κ3) is 3.61. The van der Waals surface area contributed by atoms with Gasteiger partial charge < -0.3 is 19.5 Å². The Morgan fingerprint density at radius 1 is 0.966 bits per heavy atom. The van der Waals surface area contributed by atoms with E-state index in [1.54, 1.807) is 56.5 Å². The number of hydrogen-bond acceptors (Lipinski definition) is 6. The summed E-state index contributed by atoms with van der Waals surface area (Å²) in [5, 5.41) is 2.68. The van der Waals surface area contributed by atoms with E-state index in [0.717, 1.165) is 4.90 Å². The Hall–Kier alpha value is -3.55. The second-order valence-corrected chi connectivity index (χ2v) is 6.66. The number of hydrogen-bond donors (Lipinski definition) is 1. The van der Waals surface area contributed by atoms with E-state index in [-0.39, 0.29) is 5.56 Å². The maximum atomic E-state index is 13.0. The number of ketones is 1. The number of imide groups is 1. The van der Waals surface area contributed by atoms with Crippen LogP contribution in [0.4, 0.5) is 4.79 Å². The molecule has 1 atom stereocenters. The monoisotopic (exact) mass is 398 g/mol. The number of carbonyl (C=O) groups excluding carboxylic acids is 3. The molecule has 2 aromatic carbocycles. The molecule has 1 aliphatic rings. The van der Waals surface area contributed by atoms with Crippen molar-refractivity contribution in [2.45, 2.75) is 12.5 Å². The molecule has 0 aromatic heterocycles. The first-order chi connectivity index (χ1) is 13.8. The molecule has 1 fully saturated rings. The largest absolute Gasteiger partial charge is 0.497 e. The maximum Gasteiger partial charge on any atom is 0.325 e. The first-order valence-corrected chi connectivity index (χ1v) is 8.88. The molecule has 1 N–H and O–H groups in total. The highest BCUT2D eigenvalue weighted by atomic mass is 16.5. The molecular formula is C21H22N2O6. The van der Waals surface area contributed by atoms with Gasteiger partial charge in [0.2, 0.25) is 0 Å². The van der Waals surface area contributed by atoms with Crippen LogP contribution in [0.15, 0.2) is 42.5 Å². The highest BCUT2D eigenvalue weighted by Crippen LogP contribution is 2.31. The molecule has 3 rings (SSSR count). The molecule has 1 aliphatic heterocycles. The SMILES string of the molecule is COc1ccc(C2(C)NC(=O)N(CC(=O)c3ccc(OC)cc3OC)C2=O)cc1. The Morgan fingerprint density at radius 2 is 1.59 bits per heavy atom. The minimum Gasteiger partial charge on any atom is -0.497 e. The minimum absolute atomic E-state index is 0.256. The van der Waals surface area contributed by atoms with Crippen molar-refractivity contribution in [2.75, 3.05) is 27.9 Å². The van der Waals surface area contributed by atoms with Crippen molar-refractivity contribution in [1.29, 1.82) is 0 Å². The maximum absolute atomic E-state index is 13.0. The molecule has 152 valence electrons. The molecule has 1 heterocycles. The fraction of sp³-hybridized carbons (Fsp3) is 0.286.